The number of halogens is 1. The van der Waals surface area contributed by atoms with E-state index in [0.29, 0.717) is 0 Å². The summed E-state index contributed by atoms with van der Waals surface area (Å²) in [5.41, 5.74) is 1.67. The molecule has 0 amide bonds. The maximum atomic E-state index is 10.5. The Morgan fingerprint density at radius 2 is 2.00 bits per heavy atom. The summed E-state index contributed by atoms with van der Waals surface area (Å²) < 4.78 is 2.59. The standard InChI is InChI=1S/C11H9BrN2O2/c12-10-5-6-13-14(10)9-3-1-8(2-4-9)7-11(15)16/h1-6H,7H2,(H,15,16). The van der Waals surface area contributed by atoms with E-state index in [0.717, 1.165) is 15.9 Å². The Morgan fingerprint density at radius 3 is 2.50 bits per heavy atom. The van der Waals surface area contributed by atoms with E-state index in [1.807, 2.05) is 18.2 Å². The zero-order valence-corrected chi connectivity index (χ0v) is 9.89. The van der Waals surface area contributed by atoms with Gasteiger partial charge in [0, 0.05) is 0 Å². The Labute approximate surface area is 101 Å². The fourth-order valence-corrected chi connectivity index (χ4v) is 1.82. The van der Waals surface area contributed by atoms with Crippen molar-refractivity contribution in [3.8, 4) is 5.69 Å². The van der Waals surface area contributed by atoms with Crippen molar-refractivity contribution < 1.29 is 9.90 Å². The van der Waals surface area contributed by atoms with Gasteiger partial charge in [0.05, 0.1) is 18.3 Å². The Kier molecular flexibility index (Phi) is 3.05. The summed E-state index contributed by atoms with van der Waals surface area (Å²) in [7, 11) is 0. The van der Waals surface area contributed by atoms with E-state index < -0.39 is 5.97 Å². The van der Waals surface area contributed by atoms with E-state index in [1.165, 1.54) is 0 Å². The molecule has 1 N–H and O–H groups in total. The Hall–Kier alpha value is -1.62. The first-order chi connectivity index (χ1) is 7.66. The van der Waals surface area contributed by atoms with Gasteiger partial charge in [-0.05, 0) is 39.7 Å². The van der Waals surface area contributed by atoms with Crippen molar-refractivity contribution in [1.29, 1.82) is 0 Å². The van der Waals surface area contributed by atoms with Crippen LogP contribution in [0.4, 0.5) is 0 Å². The number of carboxylic acids is 1. The highest BCUT2D eigenvalue weighted by molar-refractivity contribution is 9.10. The monoisotopic (exact) mass is 280 g/mol. The van der Waals surface area contributed by atoms with Gasteiger partial charge in [0.25, 0.3) is 0 Å². The van der Waals surface area contributed by atoms with Crippen molar-refractivity contribution >= 4 is 21.9 Å². The number of rotatable bonds is 3. The third-order valence-electron chi connectivity index (χ3n) is 2.13. The maximum Gasteiger partial charge on any atom is 0.307 e. The molecule has 0 saturated heterocycles. The Morgan fingerprint density at radius 1 is 1.31 bits per heavy atom. The average Bonchev–Trinajstić information content (AvgIpc) is 2.65. The van der Waals surface area contributed by atoms with Crippen LogP contribution in [0.2, 0.25) is 0 Å². The summed E-state index contributed by atoms with van der Waals surface area (Å²) >= 11 is 3.37. The molecule has 0 spiro atoms. The van der Waals surface area contributed by atoms with Gasteiger partial charge in [0.1, 0.15) is 4.60 Å². The van der Waals surface area contributed by atoms with E-state index in [4.69, 9.17) is 5.11 Å². The van der Waals surface area contributed by atoms with Crippen molar-refractivity contribution in [3.05, 3.63) is 46.7 Å². The highest BCUT2D eigenvalue weighted by Crippen LogP contribution is 2.16. The number of carbonyl (C=O) groups is 1. The average molecular weight is 281 g/mol. The molecule has 1 aromatic heterocycles. The fourth-order valence-electron chi connectivity index (χ4n) is 1.41. The molecule has 0 radical (unpaired) electrons. The lowest BCUT2D eigenvalue weighted by Crippen LogP contribution is -2.01. The number of aromatic nitrogens is 2. The third-order valence-corrected chi connectivity index (χ3v) is 2.73. The summed E-state index contributed by atoms with van der Waals surface area (Å²) in [6, 6.07) is 9.10. The van der Waals surface area contributed by atoms with E-state index in [-0.39, 0.29) is 6.42 Å². The molecule has 82 valence electrons. The van der Waals surface area contributed by atoms with Crippen LogP contribution in [0.5, 0.6) is 0 Å². The first-order valence-corrected chi connectivity index (χ1v) is 5.47. The Balaban J connectivity index is 2.26. The van der Waals surface area contributed by atoms with Crippen LogP contribution in [0, 0.1) is 0 Å². The summed E-state index contributed by atoms with van der Waals surface area (Å²) in [5.74, 6) is -0.826. The van der Waals surface area contributed by atoms with Crippen LogP contribution >= 0.6 is 15.9 Å². The highest BCUT2D eigenvalue weighted by atomic mass is 79.9. The van der Waals surface area contributed by atoms with Gasteiger partial charge in [0.2, 0.25) is 0 Å². The minimum absolute atomic E-state index is 0.0422. The molecule has 0 aliphatic heterocycles. The first kappa shape index (κ1) is 10.9. The van der Waals surface area contributed by atoms with E-state index in [2.05, 4.69) is 21.0 Å². The molecule has 0 bridgehead atoms. The second-order valence-electron chi connectivity index (χ2n) is 3.30. The summed E-state index contributed by atoms with van der Waals surface area (Å²) in [4.78, 5) is 10.5. The van der Waals surface area contributed by atoms with Gasteiger partial charge < -0.3 is 5.11 Å². The van der Waals surface area contributed by atoms with Crippen LogP contribution in [0.3, 0.4) is 0 Å². The first-order valence-electron chi connectivity index (χ1n) is 4.67. The predicted molar refractivity (Wildman–Crippen MR) is 62.6 cm³/mol. The van der Waals surface area contributed by atoms with Crippen LogP contribution in [-0.2, 0) is 11.2 Å². The fraction of sp³-hybridized carbons (Fsp3) is 0.0909. The normalized spacial score (nSPS) is 10.3. The number of nitrogens with zero attached hydrogens (tertiary/aromatic N) is 2. The van der Waals surface area contributed by atoms with E-state index in [1.54, 1.807) is 23.0 Å². The molecule has 2 rings (SSSR count). The number of hydrogen-bond acceptors (Lipinski definition) is 2. The second kappa shape index (κ2) is 4.49. The van der Waals surface area contributed by atoms with Gasteiger partial charge in [-0.1, -0.05) is 12.1 Å². The maximum absolute atomic E-state index is 10.5. The molecule has 0 aliphatic rings. The molecule has 1 heterocycles. The van der Waals surface area contributed by atoms with Crippen molar-refractivity contribution in [2.75, 3.05) is 0 Å². The van der Waals surface area contributed by atoms with Crippen molar-refractivity contribution in [2.24, 2.45) is 0 Å². The van der Waals surface area contributed by atoms with Crippen LogP contribution in [0.1, 0.15) is 5.56 Å². The molecular weight excluding hydrogens is 272 g/mol. The minimum atomic E-state index is -0.826. The van der Waals surface area contributed by atoms with Gasteiger partial charge in [-0.25, -0.2) is 4.68 Å². The highest BCUT2D eigenvalue weighted by Gasteiger charge is 2.03. The summed E-state index contributed by atoms with van der Waals surface area (Å²) in [6.45, 7) is 0. The molecule has 0 atom stereocenters. The van der Waals surface area contributed by atoms with Gasteiger partial charge in [0.15, 0.2) is 0 Å². The molecule has 1 aromatic carbocycles. The van der Waals surface area contributed by atoms with E-state index in [9.17, 15) is 4.79 Å². The quantitative estimate of drug-likeness (QED) is 0.938. The van der Waals surface area contributed by atoms with Gasteiger partial charge >= 0.3 is 5.97 Å². The smallest absolute Gasteiger partial charge is 0.307 e. The largest absolute Gasteiger partial charge is 0.481 e. The Bertz CT molecular complexity index is 505. The minimum Gasteiger partial charge on any atom is -0.481 e. The number of benzene rings is 1. The lowest BCUT2D eigenvalue weighted by Gasteiger charge is -2.04. The molecule has 0 aliphatic carbocycles. The number of aliphatic carboxylic acids is 1. The second-order valence-corrected chi connectivity index (χ2v) is 4.12. The molecular formula is C11H9BrN2O2. The lowest BCUT2D eigenvalue weighted by molar-refractivity contribution is -0.136. The molecule has 16 heavy (non-hydrogen) atoms. The molecule has 4 nitrogen and oxygen atoms in total. The van der Waals surface area contributed by atoms with Crippen LogP contribution in [0.15, 0.2) is 41.1 Å². The third kappa shape index (κ3) is 2.30. The van der Waals surface area contributed by atoms with Gasteiger partial charge in [-0.15, -0.1) is 0 Å². The SMILES string of the molecule is O=C(O)Cc1ccc(-n2nccc2Br)cc1. The molecule has 2 aromatic rings. The molecule has 0 saturated carbocycles. The van der Waals surface area contributed by atoms with Crippen molar-refractivity contribution in [2.45, 2.75) is 6.42 Å². The zero-order chi connectivity index (χ0) is 11.5. The van der Waals surface area contributed by atoms with Gasteiger partial charge in [-0.3, -0.25) is 4.79 Å². The summed E-state index contributed by atoms with van der Waals surface area (Å²) in [6.07, 6.45) is 1.73. The summed E-state index contributed by atoms with van der Waals surface area (Å²) in [5, 5.41) is 12.8. The van der Waals surface area contributed by atoms with Gasteiger partial charge in [-0.2, -0.15) is 5.10 Å². The van der Waals surface area contributed by atoms with Crippen molar-refractivity contribution in [1.82, 2.24) is 9.78 Å². The van der Waals surface area contributed by atoms with Crippen molar-refractivity contribution in [3.63, 3.8) is 0 Å². The molecule has 0 fully saturated rings. The van der Waals surface area contributed by atoms with Crippen LogP contribution in [0.25, 0.3) is 5.69 Å². The zero-order valence-electron chi connectivity index (χ0n) is 8.30. The van der Waals surface area contributed by atoms with E-state index >= 15 is 0 Å². The van der Waals surface area contributed by atoms with Crippen LogP contribution < -0.4 is 0 Å². The molecule has 0 unspecified atom stereocenters. The number of hydrogen-bond donors (Lipinski definition) is 1. The number of carboxylic acid groups (broad SMARTS) is 1. The van der Waals surface area contributed by atoms with Crippen LogP contribution in [-0.4, -0.2) is 20.9 Å². The predicted octanol–water partition coefficient (Wildman–Crippen LogP) is 2.26. The lowest BCUT2D eigenvalue weighted by atomic mass is 10.1. The molecule has 5 heteroatoms. The topological polar surface area (TPSA) is 55.1 Å².